The van der Waals surface area contributed by atoms with Gasteiger partial charge in [0.1, 0.15) is 10.8 Å². The number of aromatic nitrogens is 2. The van der Waals surface area contributed by atoms with Gasteiger partial charge < -0.3 is 5.32 Å². The second-order valence-corrected chi connectivity index (χ2v) is 10.8. The Morgan fingerprint density at radius 1 is 1.19 bits per heavy atom. The lowest BCUT2D eigenvalue weighted by atomic mass is 10.0. The van der Waals surface area contributed by atoms with E-state index >= 15 is 0 Å². The van der Waals surface area contributed by atoms with Crippen LogP contribution in [-0.4, -0.2) is 35.4 Å². The molecule has 4 rings (SSSR count). The van der Waals surface area contributed by atoms with Crippen molar-refractivity contribution in [1.82, 2.24) is 14.5 Å². The molecule has 1 aliphatic rings. The van der Waals surface area contributed by atoms with Gasteiger partial charge in [-0.05, 0) is 54.7 Å². The summed E-state index contributed by atoms with van der Waals surface area (Å²) >= 11 is 1.05. The van der Waals surface area contributed by atoms with Gasteiger partial charge in [0.2, 0.25) is 15.0 Å². The first-order valence-electron chi connectivity index (χ1n) is 10.3. The van der Waals surface area contributed by atoms with Gasteiger partial charge in [-0.3, -0.25) is 4.79 Å². The number of halogens is 1. The Balaban J connectivity index is 1.53. The van der Waals surface area contributed by atoms with Crippen LogP contribution in [0.1, 0.15) is 59.0 Å². The summed E-state index contributed by atoms with van der Waals surface area (Å²) in [6, 6.07) is 12.0. The zero-order valence-corrected chi connectivity index (χ0v) is 19.3. The highest BCUT2D eigenvalue weighted by atomic mass is 32.2. The van der Waals surface area contributed by atoms with Gasteiger partial charge in [0, 0.05) is 12.2 Å². The number of amides is 1. The summed E-state index contributed by atoms with van der Waals surface area (Å²) in [5.74, 6) is -0.672. The van der Waals surface area contributed by atoms with Gasteiger partial charge in [-0.15, -0.1) is 10.2 Å². The molecule has 1 saturated heterocycles. The maximum absolute atomic E-state index is 13.3. The van der Waals surface area contributed by atoms with Crippen molar-refractivity contribution in [1.29, 1.82) is 0 Å². The van der Waals surface area contributed by atoms with E-state index in [0.29, 0.717) is 36.0 Å². The lowest BCUT2D eigenvalue weighted by Gasteiger charge is -2.22. The van der Waals surface area contributed by atoms with Crippen molar-refractivity contribution in [3.63, 3.8) is 0 Å². The van der Waals surface area contributed by atoms with Gasteiger partial charge >= 0.3 is 0 Å². The minimum Gasteiger partial charge on any atom is -0.320 e. The Hall–Kier alpha value is -2.69. The fourth-order valence-electron chi connectivity index (χ4n) is 3.65. The molecule has 168 valence electrons. The summed E-state index contributed by atoms with van der Waals surface area (Å²) < 4.78 is 41.3. The van der Waals surface area contributed by atoms with E-state index in [2.05, 4.69) is 29.4 Å². The number of nitrogens with zero attached hydrogens (tertiary/aromatic N) is 3. The third-order valence-electron chi connectivity index (χ3n) is 5.36. The normalized spacial score (nSPS) is 17.1. The fourth-order valence-corrected chi connectivity index (χ4v) is 6.26. The van der Waals surface area contributed by atoms with Crippen molar-refractivity contribution >= 4 is 33.0 Å². The average molecular weight is 475 g/mol. The van der Waals surface area contributed by atoms with Crippen molar-refractivity contribution in [2.45, 2.75) is 43.5 Å². The summed E-state index contributed by atoms with van der Waals surface area (Å²) in [4.78, 5) is 12.7. The highest BCUT2D eigenvalue weighted by Gasteiger charge is 2.38. The number of nitrogens with one attached hydrogen (secondary N) is 1. The highest BCUT2D eigenvalue weighted by molar-refractivity contribution is 7.89. The zero-order chi connectivity index (χ0) is 22.9. The summed E-state index contributed by atoms with van der Waals surface area (Å²) in [7, 11) is -3.71. The number of benzene rings is 2. The number of sulfonamides is 1. The molecule has 0 bridgehead atoms. The largest absolute Gasteiger partial charge is 0.320 e. The molecule has 1 aromatic heterocycles. The molecule has 32 heavy (non-hydrogen) atoms. The molecule has 2 heterocycles. The second kappa shape index (κ2) is 9.05. The summed E-state index contributed by atoms with van der Waals surface area (Å²) in [6.45, 7) is 4.48. The number of rotatable bonds is 6. The number of hydrogen-bond donors (Lipinski definition) is 1. The van der Waals surface area contributed by atoms with Gasteiger partial charge in [0.15, 0.2) is 0 Å². The third kappa shape index (κ3) is 4.57. The van der Waals surface area contributed by atoms with Gasteiger partial charge in [-0.1, -0.05) is 43.4 Å². The molecule has 0 aliphatic carbocycles. The third-order valence-corrected chi connectivity index (χ3v) is 8.31. The topological polar surface area (TPSA) is 92.3 Å². The first-order chi connectivity index (χ1) is 15.3. The van der Waals surface area contributed by atoms with Crippen molar-refractivity contribution in [2.75, 3.05) is 11.9 Å². The number of carbonyl (C=O) groups excluding carboxylic acids is 1. The van der Waals surface area contributed by atoms with E-state index in [-0.39, 0.29) is 9.90 Å². The number of carbonyl (C=O) groups is 1. The molecule has 0 radical (unpaired) electrons. The van der Waals surface area contributed by atoms with Crippen LogP contribution in [0.3, 0.4) is 0 Å². The van der Waals surface area contributed by atoms with E-state index in [4.69, 9.17) is 0 Å². The quantitative estimate of drug-likeness (QED) is 0.565. The van der Waals surface area contributed by atoms with Crippen LogP contribution in [0.15, 0.2) is 53.4 Å². The molecule has 1 aliphatic heterocycles. The Morgan fingerprint density at radius 3 is 2.62 bits per heavy atom. The van der Waals surface area contributed by atoms with Crippen LogP contribution < -0.4 is 5.32 Å². The molecule has 3 aromatic rings. The average Bonchev–Trinajstić information content (AvgIpc) is 3.43. The zero-order valence-electron chi connectivity index (χ0n) is 17.7. The molecule has 10 heteroatoms. The van der Waals surface area contributed by atoms with Crippen LogP contribution in [-0.2, 0) is 10.0 Å². The Labute approximate surface area is 190 Å². The van der Waals surface area contributed by atoms with Crippen LogP contribution in [0.5, 0.6) is 0 Å². The van der Waals surface area contributed by atoms with Gasteiger partial charge in [-0.2, -0.15) is 4.31 Å². The molecule has 1 fully saturated rings. The summed E-state index contributed by atoms with van der Waals surface area (Å²) in [5.41, 5.74) is 1.38. The van der Waals surface area contributed by atoms with Crippen molar-refractivity contribution in [2.24, 2.45) is 0 Å². The molecule has 0 saturated carbocycles. The van der Waals surface area contributed by atoms with Crippen LogP contribution in [0.2, 0.25) is 0 Å². The maximum Gasteiger partial charge on any atom is 0.286 e. The van der Waals surface area contributed by atoms with Gasteiger partial charge in [-0.25, -0.2) is 12.8 Å². The molecule has 1 unspecified atom stereocenters. The predicted octanol–water partition coefficient (Wildman–Crippen LogP) is 4.58. The molecule has 1 N–H and O–H groups in total. The highest BCUT2D eigenvalue weighted by Crippen LogP contribution is 2.38. The van der Waals surface area contributed by atoms with Gasteiger partial charge in [0.25, 0.3) is 5.91 Å². The Morgan fingerprint density at radius 2 is 1.94 bits per heavy atom. The lowest BCUT2D eigenvalue weighted by molar-refractivity contribution is 0.102. The summed E-state index contributed by atoms with van der Waals surface area (Å²) in [6.07, 6.45) is 1.29. The Kier molecular flexibility index (Phi) is 6.36. The van der Waals surface area contributed by atoms with E-state index in [0.717, 1.165) is 16.9 Å². The standard InChI is InChI=1S/C22H23FN4O3S2/c1-14(2)15-8-10-18(11-9-15)32(29,30)27-12-4-7-19(27)21-25-26-22(31-21)20(28)24-17-6-3-5-16(23)13-17/h3,5-6,8-11,13-14,19H,4,7,12H2,1-2H3,(H,24,28). The predicted molar refractivity (Wildman–Crippen MR) is 121 cm³/mol. The molecule has 2 aromatic carbocycles. The van der Waals surface area contributed by atoms with E-state index in [1.54, 1.807) is 18.2 Å². The van der Waals surface area contributed by atoms with Gasteiger partial charge in [0.05, 0.1) is 10.9 Å². The van der Waals surface area contributed by atoms with Crippen LogP contribution >= 0.6 is 11.3 Å². The van der Waals surface area contributed by atoms with Crippen molar-refractivity contribution in [3.8, 4) is 0 Å². The first kappa shape index (κ1) is 22.5. The Bertz CT molecular complexity index is 1230. The molecule has 0 spiro atoms. The first-order valence-corrected chi connectivity index (χ1v) is 12.5. The van der Waals surface area contributed by atoms with Crippen molar-refractivity contribution in [3.05, 3.63) is 69.9 Å². The van der Waals surface area contributed by atoms with Crippen molar-refractivity contribution < 1.29 is 17.6 Å². The van der Waals surface area contributed by atoms with E-state index in [1.807, 2.05) is 12.1 Å². The summed E-state index contributed by atoms with van der Waals surface area (Å²) in [5, 5.41) is 11.2. The maximum atomic E-state index is 13.3. The second-order valence-electron chi connectivity index (χ2n) is 7.91. The van der Waals surface area contributed by atoms with E-state index < -0.39 is 27.8 Å². The van der Waals surface area contributed by atoms with E-state index in [9.17, 15) is 17.6 Å². The number of anilines is 1. The molecule has 1 atom stereocenters. The molecular weight excluding hydrogens is 451 g/mol. The molecular formula is C22H23FN4O3S2. The minimum atomic E-state index is -3.71. The number of hydrogen-bond acceptors (Lipinski definition) is 6. The van der Waals surface area contributed by atoms with E-state index in [1.165, 1.54) is 22.5 Å². The lowest BCUT2D eigenvalue weighted by Crippen LogP contribution is -2.30. The SMILES string of the molecule is CC(C)c1ccc(S(=O)(=O)N2CCCC2c2nnc(C(=O)Nc3cccc(F)c3)s2)cc1. The monoisotopic (exact) mass is 474 g/mol. The van der Waals surface area contributed by atoms with Crippen LogP contribution in [0.25, 0.3) is 0 Å². The minimum absolute atomic E-state index is 0.0924. The fraction of sp³-hybridized carbons (Fsp3) is 0.318. The molecule has 7 nitrogen and oxygen atoms in total. The smallest absolute Gasteiger partial charge is 0.286 e. The van der Waals surface area contributed by atoms with Crippen LogP contribution in [0.4, 0.5) is 10.1 Å². The molecule has 1 amide bonds. The van der Waals surface area contributed by atoms with Crippen LogP contribution in [0, 0.1) is 5.82 Å².